The molecule has 0 spiro atoms. The highest BCUT2D eigenvalue weighted by molar-refractivity contribution is 5.75. The highest BCUT2D eigenvalue weighted by Gasteiger charge is 2.39. The van der Waals surface area contributed by atoms with Gasteiger partial charge in [-0.1, -0.05) is 30.3 Å². The summed E-state index contributed by atoms with van der Waals surface area (Å²) in [4.78, 5) is 17.1. The Morgan fingerprint density at radius 2 is 1.96 bits per heavy atom. The largest absolute Gasteiger partial charge is 0.379 e. The molecule has 0 aromatic heterocycles. The maximum Gasteiger partial charge on any atom is 0.317 e. The molecule has 3 unspecified atom stereocenters. The van der Waals surface area contributed by atoms with E-state index in [4.69, 9.17) is 4.74 Å². The molecule has 4 rings (SSSR count). The summed E-state index contributed by atoms with van der Waals surface area (Å²) in [5.74, 6) is 1.23. The lowest BCUT2D eigenvalue weighted by Crippen LogP contribution is -2.49. The Morgan fingerprint density at radius 3 is 2.76 bits per heavy atom. The van der Waals surface area contributed by atoms with Gasteiger partial charge in [0, 0.05) is 38.8 Å². The number of ether oxygens (including phenoxy) is 1. The van der Waals surface area contributed by atoms with Crippen molar-refractivity contribution < 1.29 is 9.53 Å². The minimum absolute atomic E-state index is 0.134. The van der Waals surface area contributed by atoms with Crippen LogP contribution in [0.15, 0.2) is 30.3 Å². The van der Waals surface area contributed by atoms with Gasteiger partial charge in [0.05, 0.1) is 13.2 Å². The normalized spacial score (nSPS) is 29.6. The predicted molar refractivity (Wildman–Crippen MR) is 97.7 cm³/mol. The molecule has 25 heavy (non-hydrogen) atoms. The topological polar surface area (TPSA) is 44.8 Å². The van der Waals surface area contributed by atoms with Crippen molar-refractivity contribution in [3.8, 4) is 0 Å². The van der Waals surface area contributed by atoms with Crippen LogP contribution < -0.4 is 5.32 Å². The highest BCUT2D eigenvalue weighted by Crippen LogP contribution is 2.46. The van der Waals surface area contributed by atoms with Gasteiger partial charge in [-0.25, -0.2) is 4.79 Å². The zero-order valence-electron chi connectivity index (χ0n) is 14.9. The maximum atomic E-state index is 12.6. The fourth-order valence-corrected chi connectivity index (χ4v) is 4.28. The summed E-state index contributed by atoms with van der Waals surface area (Å²) in [5.41, 5.74) is 1.41. The number of hydrogen-bond acceptors (Lipinski definition) is 3. The van der Waals surface area contributed by atoms with Crippen LogP contribution in [0.4, 0.5) is 4.79 Å². The van der Waals surface area contributed by atoms with Gasteiger partial charge in [-0.05, 0) is 36.7 Å². The zero-order chi connectivity index (χ0) is 17.1. The lowest BCUT2D eigenvalue weighted by Gasteiger charge is -2.33. The molecule has 136 valence electrons. The Labute approximate surface area is 150 Å². The monoisotopic (exact) mass is 343 g/mol. The minimum atomic E-state index is 0.134. The van der Waals surface area contributed by atoms with Gasteiger partial charge in [-0.2, -0.15) is 0 Å². The first-order valence-electron chi connectivity index (χ1n) is 9.71. The number of hydrogen-bond donors (Lipinski definition) is 1. The number of amides is 2. The first-order valence-corrected chi connectivity index (χ1v) is 9.71. The Kier molecular flexibility index (Phi) is 5.22. The molecule has 2 amide bonds. The summed E-state index contributed by atoms with van der Waals surface area (Å²) in [5, 5.41) is 3.20. The van der Waals surface area contributed by atoms with E-state index in [0.717, 1.165) is 58.8 Å². The van der Waals surface area contributed by atoms with Gasteiger partial charge in [0.1, 0.15) is 0 Å². The van der Waals surface area contributed by atoms with Crippen molar-refractivity contribution in [3.63, 3.8) is 0 Å². The van der Waals surface area contributed by atoms with Crippen LogP contribution in [0.1, 0.15) is 30.7 Å². The third-order valence-electron chi connectivity index (χ3n) is 5.88. The summed E-state index contributed by atoms with van der Waals surface area (Å²) >= 11 is 0. The van der Waals surface area contributed by atoms with Crippen LogP contribution in [0.2, 0.25) is 0 Å². The van der Waals surface area contributed by atoms with Gasteiger partial charge in [-0.3, -0.25) is 4.90 Å². The molecule has 1 saturated carbocycles. The number of carbonyl (C=O) groups excluding carboxylic acids is 1. The van der Waals surface area contributed by atoms with Crippen LogP contribution in [0.5, 0.6) is 0 Å². The van der Waals surface area contributed by atoms with Crippen molar-refractivity contribution in [1.29, 1.82) is 0 Å². The average molecular weight is 343 g/mol. The number of urea groups is 1. The third kappa shape index (κ3) is 4.15. The molecule has 0 bridgehead atoms. The van der Waals surface area contributed by atoms with E-state index in [2.05, 4.69) is 45.4 Å². The van der Waals surface area contributed by atoms with E-state index in [-0.39, 0.29) is 6.03 Å². The van der Waals surface area contributed by atoms with Gasteiger partial charge >= 0.3 is 6.03 Å². The fourth-order valence-electron chi connectivity index (χ4n) is 4.28. The molecular weight excluding hydrogens is 314 g/mol. The summed E-state index contributed by atoms with van der Waals surface area (Å²) in [7, 11) is 0. The number of carbonyl (C=O) groups is 1. The fraction of sp³-hybridized carbons (Fsp3) is 0.650. The molecule has 3 aliphatic rings. The van der Waals surface area contributed by atoms with Gasteiger partial charge in [-0.15, -0.1) is 0 Å². The van der Waals surface area contributed by atoms with Crippen molar-refractivity contribution >= 4 is 6.03 Å². The van der Waals surface area contributed by atoms with Gasteiger partial charge in [0.25, 0.3) is 0 Å². The van der Waals surface area contributed by atoms with Crippen molar-refractivity contribution in [1.82, 2.24) is 15.1 Å². The number of morpholine rings is 1. The average Bonchev–Trinajstić information content (AvgIpc) is 3.30. The lowest BCUT2D eigenvalue weighted by atomic mass is 10.1. The van der Waals surface area contributed by atoms with E-state index in [0.29, 0.717) is 17.9 Å². The Morgan fingerprint density at radius 1 is 1.16 bits per heavy atom. The number of benzene rings is 1. The minimum Gasteiger partial charge on any atom is -0.379 e. The van der Waals surface area contributed by atoms with E-state index in [1.807, 2.05) is 0 Å². The summed E-state index contributed by atoms with van der Waals surface area (Å²) < 4.78 is 5.42. The molecule has 1 aliphatic carbocycles. The molecule has 5 nitrogen and oxygen atoms in total. The van der Waals surface area contributed by atoms with Crippen LogP contribution in [0, 0.1) is 5.92 Å². The third-order valence-corrected chi connectivity index (χ3v) is 5.88. The van der Waals surface area contributed by atoms with Gasteiger partial charge in [0.2, 0.25) is 0 Å². The molecular formula is C20H29N3O2. The molecule has 1 N–H and O–H groups in total. The smallest absolute Gasteiger partial charge is 0.317 e. The molecule has 2 heterocycles. The van der Waals surface area contributed by atoms with E-state index in [1.54, 1.807) is 0 Å². The quantitative estimate of drug-likeness (QED) is 0.892. The SMILES string of the molecule is O=C(NCC1CC1c1ccccc1)N1CCCC1CN1CCOCC1. The zero-order valence-corrected chi connectivity index (χ0v) is 14.9. The van der Waals surface area contributed by atoms with Crippen molar-refractivity contribution in [3.05, 3.63) is 35.9 Å². The standard InChI is InChI=1S/C20H29N3O2/c24-20(21-14-17-13-19(17)16-5-2-1-3-6-16)23-8-4-7-18(23)15-22-9-11-25-12-10-22/h1-3,5-6,17-19H,4,7-15H2,(H,21,24). The molecule has 5 heteroatoms. The summed E-state index contributed by atoms with van der Waals surface area (Å²) in [6.07, 6.45) is 3.45. The summed E-state index contributed by atoms with van der Waals surface area (Å²) in [6, 6.07) is 11.2. The van der Waals surface area contributed by atoms with Crippen LogP contribution >= 0.6 is 0 Å². The first kappa shape index (κ1) is 16.9. The maximum absolute atomic E-state index is 12.6. The predicted octanol–water partition coefficient (Wildman–Crippen LogP) is 2.30. The number of nitrogens with zero attached hydrogens (tertiary/aromatic N) is 2. The van der Waals surface area contributed by atoms with Gasteiger partial charge < -0.3 is 15.0 Å². The molecule has 3 atom stereocenters. The van der Waals surface area contributed by atoms with Crippen LogP contribution in [0.25, 0.3) is 0 Å². The number of nitrogens with one attached hydrogen (secondary N) is 1. The Bertz CT molecular complexity index is 574. The molecule has 2 saturated heterocycles. The van der Waals surface area contributed by atoms with E-state index >= 15 is 0 Å². The second-order valence-electron chi connectivity index (χ2n) is 7.60. The Hall–Kier alpha value is -1.59. The number of rotatable bonds is 5. The van der Waals surface area contributed by atoms with Crippen molar-refractivity contribution in [2.45, 2.75) is 31.2 Å². The van der Waals surface area contributed by atoms with Crippen molar-refractivity contribution in [2.24, 2.45) is 5.92 Å². The highest BCUT2D eigenvalue weighted by atomic mass is 16.5. The first-order chi connectivity index (χ1) is 12.3. The lowest BCUT2D eigenvalue weighted by molar-refractivity contribution is 0.0292. The van der Waals surface area contributed by atoms with Crippen LogP contribution in [0.3, 0.4) is 0 Å². The van der Waals surface area contributed by atoms with E-state index < -0.39 is 0 Å². The van der Waals surface area contributed by atoms with Crippen LogP contribution in [-0.2, 0) is 4.74 Å². The van der Waals surface area contributed by atoms with E-state index in [1.165, 1.54) is 12.0 Å². The number of likely N-dealkylation sites (tertiary alicyclic amines) is 1. The second-order valence-corrected chi connectivity index (χ2v) is 7.60. The molecule has 2 aliphatic heterocycles. The van der Waals surface area contributed by atoms with Gasteiger partial charge in [0.15, 0.2) is 0 Å². The van der Waals surface area contributed by atoms with Crippen LogP contribution in [-0.4, -0.2) is 67.8 Å². The molecule has 0 radical (unpaired) electrons. The molecule has 3 fully saturated rings. The Balaban J connectivity index is 1.23. The molecule has 1 aromatic rings. The molecule has 1 aromatic carbocycles. The summed E-state index contributed by atoms with van der Waals surface area (Å²) in [6.45, 7) is 6.32. The second kappa shape index (κ2) is 7.75. The van der Waals surface area contributed by atoms with E-state index in [9.17, 15) is 4.79 Å². The van der Waals surface area contributed by atoms with Crippen molar-refractivity contribution in [2.75, 3.05) is 45.9 Å².